The second kappa shape index (κ2) is 6.25. The first-order chi connectivity index (χ1) is 6.19. The van der Waals surface area contributed by atoms with Crippen molar-refractivity contribution in [1.82, 2.24) is 0 Å². The summed E-state index contributed by atoms with van der Waals surface area (Å²) in [6.07, 6.45) is 7.31. The van der Waals surface area contributed by atoms with E-state index >= 15 is 0 Å². The Balaban J connectivity index is 0.00000169. The Morgan fingerprint density at radius 1 is 1.14 bits per heavy atom. The third kappa shape index (κ3) is 3.46. The van der Waals surface area contributed by atoms with Gasteiger partial charge in [-0.15, -0.1) is 12.4 Å². The Kier molecular flexibility index (Phi) is 6.12. The molecular formula is C10H20ClNO2. The van der Waals surface area contributed by atoms with Crippen LogP contribution in [0.25, 0.3) is 0 Å². The van der Waals surface area contributed by atoms with Crippen molar-refractivity contribution in [2.75, 3.05) is 7.11 Å². The summed E-state index contributed by atoms with van der Waals surface area (Å²) in [5, 5.41) is 0. The number of methoxy groups -OCH3 is 1. The topological polar surface area (TPSA) is 52.3 Å². The third-order valence-electron chi connectivity index (χ3n) is 2.84. The average molecular weight is 222 g/mol. The van der Waals surface area contributed by atoms with Gasteiger partial charge >= 0.3 is 5.97 Å². The van der Waals surface area contributed by atoms with E-state index in [0.717, 1.165) is 25.7 Å². The first kappa shape index (κ1) is 13.7. The van der Waals surface area contributed by atoms with Crippen LogP contribution < -0.4 is 5.73 Å². The Bertz CT molecular complexity index is 177. The molecule has 0 heterocycles. The molecule has 1 rings (SSSR count). The molecule has 0 radical (unpaired) electrons. The average Bonchev–Trinajstić information content (AvgIpc) is 2.10. The van der Waals surface area contributed by atoms with E-state index < -0.39 is 5.54 Å². The summed E-state index contributed by atoms with van der Waals surface area (Å²) in [5.41, 5.74) is 5.31. The molecule has 1 fully saturated rings. The van der Waals surface area contributed by atoms with E-state index in [9.17, 15) is 4.79 Å². The van der Waals surface area contributed by atoms with Crippen LogP contribution in [0, 0.1) is 0 Å². The summed E-state index contributed by atoms with van der Waals surface area (Å²) in [5.74, 6) is -0.241. The number of esters is 1. The molecule has 84 valence electrons. The minimum absolute atomic E-state index is 0. The summed E-state index contributed by atoms with van der Waals surface area (Å²) in [4.78, 5) is 11.4. The second-order valence-electron chi connectivity index (χ2n) is 3.92. The van der Waals surface area contributed by atoms with Crippen molar-refractivity contribution in [3.05, 3.63) is 0 Å². The maximum absolute atomic E-state index is 11.4. The summed E-state index contributed by atoms with van der Waals surface area (Å²) in [6, 6.07) is 0. The molecule has 0 bridgehead atoms. The van der Waals surface area contributed by atoms with Crippen LogP contribution in [0.2, 0.25) is 0 Å². The van der Waals surface area contributed by atoms with Crippen molar-refractivity contribution >= 4 is 18.4 Å². The minimum atomic E-state index is -0.699. The normalized spacial score (nSPS) is 21.3. The van der Waals surface area contributed by atoms with Crippen LogP contribution in [0.4, 0.5) is 0 Å². The standard InChI is InChI=1S/C10H19NO2.ClH/c1-13-9(12)10(11)7-5-3-2-4-6-8-10;/h2-8,11H2,1H3;1H. The van der Waals surface area contributed by atoms with Gasteiger partial charge in [0, 0.05) is 0 Å². The fourth-order valence-electron chi connectivity index (χ4n) is 1.94. The lowest BCUT2D eigenvalue weighted by Crippen LogP contribution is -2.49. The lowest BCUT2D eigenvalue weighted by Gasteiger charge is -2.28. The van der Waals surface area contributed by atoms with Crippen molar-refractivity contribution in [2.45, 2.75) is 50.5 Å². The largest absolute Gasteiger partial charge is 0.468 e. The van der Waals surface area contributed by atoms with Crippen LogP contribution in [0.15, 0.2) is 0 Å². The summed E-state index contributed by atoms with van der Waals surface area (Å²) >= 11 is 0. The van der Waals surface area contributed by atoms with Gasteiger partial charge in [0.05, 0.1) is 7.11 Å². The Hall–Kier alpha value is -0.280. The summed E-state index contributed by atoms with van der Waals surface area (Å²) in [7, 11) is 1.41. The van der Waals surface area contributed by atoms with Gasteiger partial charge in [-0.1, -0.05) is 32.1 Å². The van der Waals surface area contributed by atoms with E-state index in [1.807, 2.05) is 0 Å². The van der Waals surface area contributed by atoms with Crippen LogP contribution in [0.5, 0.6) is 0 Å². The van der Waals surface area contributed by atoms with Crippen LogP contribution >= 0.6 is 12.4 Å². The highest BCUT2D eigenvalue weighted by atomic mass is 35.5. The number of rotatable bonds is 1. The molecule has 1 saturated carbocycles. The smallest absolute Gasteiger partial charge is 0.325 e. The van der Waals surface area contributed by atoms with Crippen molar-refractivity contribution in [1.29, 1.82) is 0 Å². The quantitative estimate of drug-likeness (QED) is 0.690. The highest BCUT2D eigenvalue weighted by Crippen LogP contribution is 2.25. The van der Waals surface area contributed by atoms with E-state index in [1.165, 1.54) is 26.4 Å². The molecule has 0 aromatic carbocycles. The maximum Gasteiger partial charge on any atom is 0.325 e. The zero-order chi connectivity index (χ0) is 9.73. The molecule has 1 aliphatic carbocycles. The van der Waals surface area contributed by atoms with E-state index in [0.29, 0.717) is 0 Å². The number of halogens is 1. The molecule has 4 heteroatoms. The SMILES string of the molecule is COC(=O)C1(N)CCCCCCC1.Cl. The predicted molar refractivity (Wildman–Crippen MR) is 58.5 cm³/mol. The van der Waals surface area contributed by atoms with Crippen LogP contribution in [-0.2, 0) is 9.53 Å². The number of carbonyl (C=O) groups excluding carboxylic acids is 1. The van der Waals surface area contributed by atoms with E-state index in [2.05, 4.69) is 0 Å². The predicted octanol–water partition coefficient (Wildman–Crippen LogP) is 2.02. The highest BCUT2D eigenvalue weighted by Gasteiger charge is 2.34. The summed E-state index contributed by atoms with van der Waals surface area (Å²) < 4.78 is 4.73. The van der Waals surface area contributed by atoms with Gasteiger partial charge in [-0.05, 0) is 12.8 Å². The lowest BCUT2D eigenvalue weighted by atomic mass is 9.85. The first-order valence-electron chi connectivity index (χ1n) is 5.06. The van der Waals surface area contributed by atoms with Gasteiger partial charge < -0.3 is 10.5 Å². The number of carbonyl (C=O) groups is 1. The zero-order valence-electron chi connectivity index (χ0n) is 8.75. The number of hydrogen-bond acceptors (Lipinski definition) is 3. The van der Waals surface area contributed by atoms with E-state index in [-0.39, 0.29) is 18.4 Å². The molecule has 14 heavy (non-hydrogen) atoms. The zero-order valence-corrected chi connectivity index (χ0v) is 9.57. The molecular weight excluding hydrogens is 202 g/mol. The number of ether oxygens (including phenoxy) is 1. The van der Waals surface area contributed by atoms with E-state index in [4.69, 9.17) is 10.5 Å². The molecule has 1 aliphatic rings. The minimum Gasteiger partial charge on any atom is -0.468 e. The molecule has 0 atom stereocenters. The molecule has 3 nitrogen and oxygen atoms in total. The monoisotopic (exact) mass is 221 g/mol. The van der Waals surface area contributed by atoms with Gasteiger partial charge in [0.25, 0.3) is 0 Å². The highest BCUT2D eigenvalue weighted by molar-refractivity contribution is 5.85. The van der Waals surface area contributed by atoms with Gasteiger partial charge in [0.1, 0.15) is 5.54 Å². The van der Waals surface area contributed by atoms with Gasteiger partial charge in [-0.2, -0.15) is 0 Å². The fourth-order valence-corrected chi connectivity index (χ4v) is 1.94. The van der Waals surface area contributed by atoms with Crippen LogP contribution in [0.1, 0.15) is 44.9 Å². The van der Waals surface area contributed by atoms with Crippen LogP contribution in [-0.4, -0.2) is 18.6 Å². The Morgan fingerprint density at radius 3 is 2.00 bits per heavy atom. The fraction of sp³-hybridized carbons (Fsp3) is 0.900. The van der Waals surface area contributed by atoms with Gasteiger partial charge in [-0.3, -0.25) is 4.79 Å². The number of nitrogens with two attached hydrogens (primary N) is 1. The van der Waals surface area contributed by atoms with Gasteiger partial charge in [0.15, 0.2) is 0 Å². The maximum atomic E-state index is 11.4. The molecule has 0 aromatic rings. The molecule has 0 aromatic heterocycles. The van der Waals surface area contributed by atoms with Crippen molar-refractivity contribution in [3.63, 3.8) is 0 Å². The van der Waals surface area contributed by atoms with Crippen molar-refractivity contribution < 1.29 is 9.53 Å². The number of hydrogen-bond donors (Lipinski definition) is 1. The second-order valence-corrected chi connectivity index (χ2v) is 3.92. The van der Waals surface area contributed by atoms with Crippen molar-refractivity contribution in [3.8, 4) is 0 Å². The van der Waals surface area contributed by atoms with Gasteiger partial charge in [-0.25, -0.2) is 0 Å². The first-order valence-corrected chi connectivity index (χ1v) is 5.06. The third-order valence-corrected chi connectivity index (χ3v) is 2.84. The summed E-state index contributed by atoms with van der Waals surface area (Å²) in [6.45, 7) is 0. The van der Waals surface area contributed by atoms with Gasteiger partial charge in [0.2, 0.25) is 0 Å². The van der Waals surface area contributed by atoms with E-state index in [1.54, 1.807) is 0 Å². The Morgan fingerprint density at radius 2 is 1.57 bits per heavy atom. The molecule has 2 N–H and O–H groups in total. The van der Waals surface area contributed by atoms with Crippen molar-refractivity contribution in [2.24, 2.45) is 5.73 Å². The lowest BCUT2D eigenvalue weighted by molar-refractivity contribution is -0.147. The molecule has 0 aliphatic heterocycles. The van der Waals surface area contributed by atoms with Crippen LogP contribution in [0.3, 0.4) is 0 Å². The molecule has 0 spiro atoms. The Labute approximate surface area is 91.8 Å². The molecule has 0 unspecified atom stereocenters. The molecule has 0 amide bonds. The molecule has 0 saturated heterocycles.